The Hall–Kier alpha value is -2.20. The zero-order chi connectivity index (χ0) is 13.5. The molecule has 0 aliphatic heterocycles. The minimum Gasteiger partial charge on any atom is -0.480 e. The lowest BCUT2D eigenvalue weighted by molar-refractivity contribution is -0.138. The van der Waals surface area contributed by atoms with Crippen LogP contribution in [0.5, 0.6) is 0 Å². The molecule has 0 radical (unpaired) electrons. The zero-order valence-corrected chi connectivity index (χ0v) is 10.6. The van der Waals surface area contributed by atoms with Crippen molar-refractivity contribution in [3.63, 3.8) is 0 Å². The highest BCUT2D eigenvalue weighted by molar-refractivity contribution is 5.69. The molecule has 0 saturated heterocycles. The number of carboxylic acid groups (broad SMARTS) is 1. The van der Waals surface area contributed by atoms with Crippen molar-refractivity contribution in [2.24, 2.45) is 0 Å². The van der Waals surface area contributed by atoms with Gasteiger partial charge in [0.25, 0.3) is 0 Å². The Morgan fingerprint density at radius 1 is 1.05 bits per heavy atom. The van der Waals surface area contributed by atoms with Crippen molar-refractivity contribution in [1.82, 2.24) is 9.88 Å². The number of rotatable bonds is 6. The molecular formula is C15H16N2O2. The second kappa shape index (κ2) is 6.66. The van der Waals surface area contributed by atoms with Gasteiger partial charge in [-0.15, -0.1) is 0 Å². The fourth-order valence-corrected chi connectivity index (χ4v) is 1.92. The molecule has 0 aliphatic carbocycles. The number of aromatic nitrogens is 1. The average molecular weight is 256 g/mol. The van der Waals surface area contributed by atoms with Crippen LogP contribution in [0.1, 0.15) is 11.3 Å². The Balaban J connectivity index is 2.06. The molecular weight excluding hydrogens is 240 g/mol. The van der Waals surface area contributed by atoms with Crippen LogP contribution in [0.25, 0.3) is 0 Å². The van der Waals surface area contributed by atoms with E-state index in [4.69, 9.17) is 5.11 Å². The van der Waals surface area contributed by atoms with Crippen LogP contribution in [0.4, 0.5) is 0 Å². The van der Waals surface area contributed by atoms with Crippen LogP contribution in [-0.2, 0) is 17.9 Å². The Bertz CT molecular complexity index is 473. The molecule has 0 atom stereocenters. The van der Waals surface area contributed by atoms with Gasteiger partial charge in [-0.25, -0.2) is 0 Å². The molecule has 4 nitrogen and oxygen atoms in total. The maximum Gasteiger partial charge on any atom is 0.317 e. The SMILES string of the molecule is O=C(O)CN(Cc1ccccc1)Cc1ccccn1. The van der Waals surface area contributed by atoms with Gasteiger partial charge in [0.05, 0.1) is 12.2 Å². The Labute approximate surface area is 112 Å². The predicted molar refractivity (Wildman–Crippen MR) is 72.4 cm³/mol. The first kappa shape index (κ1) is 13.2. The van der Waals surface area contributed by atoms with E-state index in [9.17, 15) is 4.79 Å². The minimum absolute atomic E-state index is 0.00543. The molecule has 0 amide bonds. The van der Waals surface area contributed by atoms with Crippen molar-refractivity contribution in [3.05, 3.63) is 66.0 Å². The van der Waals surface area contributed by atoms with Crippen LogP contribution in [-0.4, -0.2) is 27.5 Å². The van der Waals surface area contributed by atoms with Gasteiger partial charge in [-0.1, -0.05) is 36.4 Å². The monoisotopic (exact) mass is 256 g/mol. The lowest BCUT2D eigenvalue weighted by Crippen LogP contribution is -2.29. The van der Waals surface area contributed by atoms with Crippen molar-refractivity contribution in [3.8, 4) is 0 Å². The summed E-state index contributed by atoms with van der Waals surface area (Å²) in [5.41, 5.74) is 1.97. The van der Waals surface area contributed by atoms with Crippen molar-refractivity contribution in [2.75, 3.05) is 6.54 Å². The normalized spacial score (nSPS) is 10.6. The van der Waals surface area contributed by atoms with Crippen LogP contribution in [0, 0.1) is 0 Å². The van der Waals surface area contributed by atoms with E-state index >= 15 is 0 Å². The van der Waals surface area contributed by atoms with Gasteiger partial charge in [0.1, 0.15) is 0 Å². The van der Waals surface area contributed by atoms with Gasteiger partial charge in [-0.05, 0) is 17.7 Å². The number of nitrogens with zero attached hydrogens (tertiary/aromatic N) is 2. The number of carboxylic acids is 1. The first-order valence-corrected chi connectivity index (χ1v) is 6.12. The smallest absolute Gasteiger partial charge is 0.317 e. The molecule has 1 heterocycles. The molecule has 0 bridgehead atoms. The van der Waals surface area contributed by atoms with Crippen LogP contribution in [0.15, 0.2) is 54.7 Å². The summed E-state index contributed by atoms with van der Waals surface area (Å²) < 4.78 is 0. The van der Waals surface area contributed by atoms with E-state index < -0.39 is 5.97 Å². The number of hydrogen-bond donors (Lipinski definition) is 1. The van der Waals surface area contributed by atoms with Gasteiger partial charge in [-0.3, -0.25) is 14.7 Å². The highest BCUT2D eigenvalue weighted by Gasteiger charge is 2.11. The van der Waals surface area contributed by atoms with Gasteiger partial charge in [-0.2, -0.15) is 0 Å². The molecule has 1 aromatic carbocycles. The molecule has 1 aromatic heterocycles. The molecule has 1 N–H and O–H groups in total. The van der Waals surface area contributed by atoms with Gasteiger partial charge in [0, 0.05) is 19.3 Å². The number of aliphatic carboxylic acids is 1. The number of hydrogen-bond acceptors (Lipinski definition) is 3. The van der Waals surface area contributed by atoms with Gasteiger partial charge >= 0.3 is 5.97 Å². The molecule has 4 heteroatoms. The van der Waals surface area contributed by atoms with Crippen molar-refractivity contribution < 1.29 is 9.90 Å². The highest BCUT2D eigenvalue weighted by atomic mass is 16.4. The third-order valence-corrected chi connectivity index (χ3v) is 2.72. The molecule has 0 spiro atoms. The second-order valence-electron chi connectivity index (χ2n) is 4.35. The first-order chi connectivity index (χ1) is 9.24. The second-order valence-corrected chi connectivity index (χ2v) is 4.35. The lowest BCUT2D eigenvalue weighted by Gasteiger charge is -2.19. The summed E-state index contributed by atoms with van der Waals surface area (Å²) in [5.74, 6) is -0.827. The molecule has 2 aromatic rings. The quantitative estimate of drug-likeness (QED) is 0.860. The van der Waals surface area contributed by atoms with Gasteiger partial charge in [0.2, 0.25) is 0 Å². The number of carbonyl (C=O) groups is 1. The van der Waals surface area contributed by atoms with Gasteiger partial charge in [0.15, 0.2) is 0 Å². The summed E-state index contributed by atoms with van der Waals surface area (Å²) in [6.07, 6.45) is 1.72. The fourth-order valence-electron chi connectivity index (χ4n) is 1.92. The summed E-state index contributed by atoms with van der Waals surface area (Å²) in [7, 11) is 0. The summed E-state index contributed by atoms with van der Waals surface area (Å²) in [6, 6.07) is 15.5. The number of pyridine rings is 1. The highest BCUT2D eigenvalue weighted by Crippen LogP contribution is 2.08. The van der Waals surface area contributed by atoms with E-state index in [-0.39, 0.29) is 6.54 Å². The standard InChI is InChI=1S/C15H16N2O2/c18-15(19)12-17(10-13-6-2-1-3-7-13)11-14-8-4-5-9-16-14/h1-9H,10-12H2,(H,18,19). The van der Waals surface area contributed by atoms with E-state index in [0.29, 0.717) is 13.1 Å². The maximum absolute atomic E-state index is 10.9. The summed E-state index contributed by atoms with van der Waals surface area (Å²) >= 11 is 0. The van der Waals surface area contributed by atoms with Gasteiger partial charge < -0.3 is 5.11 Å². The Kier molecular flexibility index (Phi) is 4.64. The van der Waals surface area contributed by atoms with E-state index in [1.807, 2.05) is 53.4 Å². The first-order valence-electron chi connectivity index (χ1n) is 6.12. The predicted octanol–water partition coefficient (Wildman–Crippen LogP) is 2.17. The Morgan fingerprint density at radius 2 is 1.79 bits per heavy atom. The number of benzene rings is 1. The van der Waals surface area contributed by atoms with Crippen LogP contribution in [0.2, 0.25) is 0 Å². The molecule has 19 heavy (non-hydrogen) atoms. The summed E-state index contributed by atoms with van der Waals surface area (Å²) in [6.45, 7) is 1.14. The molecule has 0 aliphatic rings. The molecule has 2 rings (SSSR count). The van der Waals surface area contributed by atoms with Crippen molar-refractivity contribution >= 4 is 5.97 Å². The van der Waals surface area contributed by atoms with Crippen LogP contribution >= 0.6 is 0 Å². The average Bonchev–Trinajstić information content (AvgIpc) is 2.40. The van der Waals surface area contributed by atoms with E-state index in [1.54, 1.807) is 6.20 Å². The molecule has 0 fully saturated rings. The van der Waals surface area contributed by atoms with E-state index in [2.05, 4.69) is 4.98 Å². The molecule has 98 valence electrons. The van der Waals surface area contributed by atoms with Crippen LogP contribution < -0.4 is 0 Å². The van der Waals surface area contributed by atoms with Crippen LogP contribution in [0.3, 0.4) is 0 Å². The van der Waals surface area contributed by atoms with E-state index in [0.717, 1.165) is 11.3 Å². The fraction of sp³-hybridized carbons (Fsp3) is 0.200. The summed E-state index contributed by atoms with van der Waals surface area (Å²) in [5, 5.41) is 8.98. The summed E-state index contributed by atoms with van der Waals surface area (Å²) in [4.78, 5) is 17.0. The third kappa shape index (κ3) is 4.52. The lowest BCUT2D eigenvalue weighted by atomic mass is 10.2. The molecule has 0 unspecified atom stereocenters. The maximum atomic E-state index is 10.9. The minimum atomic E-state index is -0.827. The van der Waals surface area contributed by atoms with Crippen molar-refractivity contribution in [2.45, 2.75) is 13.1 Å². The van der Waals surface area contributed by atoms with E-state index in [1.165, 1.54) is 0 Å². The zero-order valence-electron chi connectivity index (χ0n) is 10.6. The topological polar surface area (TPSA) is 53.4 Å². The van der Waals surface area contributed by atoms with Crippen molar-refractivity contribution in [1.29, 1.82) is 0 Å². The largest absolute Gasteiger partial charge is 0.480 e. The Morgan fingerprint density at radius 3 is 2.42 bits per heavy atom. The molecule has 0 saturated carbocycles. The third-order valence-electron chi connectivity index (χ3n) is 2.72.